The number of aryl methyl sites for hydroxylation is 1. The molecule has 128 valence electrons. The van der Waals surface area contributed by atoms with E-state index in [1.54, 1.807) is 0 Å². The van der Waals surface area contributed by atoms with Crippen LogP contribution in [-0.2, 0) is 9.53 Å². The summed E-state index contributed by atoms with van der Waals surface area (Å²) in [6.07, 6.45) is 0.323. The number of rotatable bonds is 6. The predicted molar refractivity (Wildman–Crippen MR) is 98.8 cm³/mol. The minimum Gasteiger partial charge on any atom is -0.488 e. The zero-order valence-corrected chi connectivity index (χ0v) is 14.1. The number of fused-ring (bicyclic) bond motifs is 2. The van der Waals surface area contributed by atoms with Crippen LogP contribution in [0, 0.1) is 6.92 Å². The summed E-state index contributed by atoms with van der Waals surface area (Å²) in [5.74, 6) is 0.141. The lowest BCUT2D eigenvalue weighted by Crippen LogP contribution is -2.27. The van der Waals surface area contributed by atoms with Crippen LogP contribution in [0.3, 0.4) is 0 Å². The van der Waals surface area contributed by atoms with Crippen LogP contribution in [0.5, 0.6) is 5.75 Å². The topological polar surface area (TPSA) is 55.8 Å². The lowest BCUT2D eigenvalue weighted by Gasteiger charge is -2.18. The Morgan fingerprint density at radius 1 is 1.16 bits per heavy atom. The Morgan fingerprint density at radius 2 is 1.92 bits per heavy atom. The Morgan fingerprint density at radius 3 is 2.68 bits per heavy atom. The van der Waals surface area contributed by atoms with E-state index in [-0.39, 0.29) is 13.2 Å². The van der Waals surface area contributed by atoms with Crippen molar-refractivity contribution < 1.29 is 19.4 Å². The van der Waals surface area contributed by atoms with Crippen molar-refractivity contribution in [1.29, 1.82) is 0 Å². The van der Waals surface area contributed by atoms with E-state index < -0.39 is 12.1 Å². The van der Waals surface area contributed by atoms with Crippen LogP contribution in [0.25, 0.3) is 21.5 Å². The van der Waals surface area contributed by atoms with E-state index in [4.69, 9.17) is 9.47 Å². The summed E-state index contributed by atoms with van der Waals surface area (Å²) in [7, 11) is 0. The summed E-state index contributed by atoms with van der Waals surface area (Å²) in [5, 5.41) is 13.5. The van der Waals surface area contributed by atoms with Crippen molar-refractivity contribution >= 4 is 27.5 Å². The zero-order valence-electron chi connectivity index (χ0n) is 14.1. The Labute approximate surface area is 146 Å². The summed E-state index contributed by atoms with van der Waals surface area (Å²) < 4.78 is 11.1. The van der Waals surface area contributed by atoms with E-state index in [0.717, 1.165) is 33.4 Å². The van der Waals surface area contributed by atoms with Gasteiger partial charge in [-0.2, -0.15) is 0 Å². The third kappa shape index (κ3) is 3.64. The van der Waals surface area contributed by atoms with Gasteiger partial charge in [0.25, 0.3) is 0 Å². The molecule has 1 unspecified atom stereocenters. The molecule has 0 aromatic heterocycles. The molecule has 3 rings (SSSR count). The number of esters is 1. The second kappa shape index (κ2) is 7.36. The number of carbonyl (C=O) groups excluding carboxylic acids is 1. The van der Waals surface area contributed by atoms with Crippen molar-refractivity contribution in [3.05, 3.63) is 66.7 Å². The van der Waals surface area contributed by atoms with Crippen molar-refractivity contribution in [2.75, 3.05) is 13.2 Å². The van der Waals surface area contributed by atoms with Gasteiger partial charge in [-0.3, -0.25) is 0 Å². The average molecular weight is 336 g/mol. The smallest absolute Gasteiger partial charge is 0.330 e. The maximum absolute atomic E-state index is 11.3. The molecule has 0 radical (unpaired) electrons. The van der Waals surface area contributed by atoms with Crippen LogP contribution in [0.2, 0.25) is 0 Å². The Bertz CT molecular complexity index is 930. The monoisotopic (exact) mass is 336 g/mol. The number of ether oxygens (including phenoxy) is 2. The third-order valence-corrected chi connectivity index (χ3v) is 4.03. The average Bonchev–Trinajstić information content (AvgIpc) is 2.63. The summed E-state index contributed by atoms with van der Waals surface area (Å²) in [5.41, 5.74) is 1.17. The molecule has 1 N–H and O–H groups in total. The van der Waals surface area contributed by atoms with Crippen molar-refractivity contribution in [1.82, 2.24) is 0 Å². The lowest BCUT2D eigenvalue weighted by atomic mass is 10.0. The SMILES string of the molecule is C=CC(=O)OC(CO)COc1c2ccccc2cc2cc(C)ccc12. The van der Waals surface area contributed by atoms with Crippen LogP contribution < -0.4 is 4.74 Å². The second-order valence-electron chi connectivity index (χ2n) is 5.91. The summed E-state index contributed by atoms with van der Waals surface area (Å²) in [6.45, 7) is 5.15. The van der Waals surface area contributed by atoms with Gasteiger partial charge < -0.3 is 14.6 Å². The zero-order chi connectivity index (χ0) is 17.8. The third-order valence-electron chi connectivity index (χ3n) is 4.03. The first-order valence-electron chi connectivity index (χ1n) is 8.11. The number of carbonyl (C=O) groups is 1. The summed E-state index contributed by atoms with van der Waals surface area (Å²) >= 11 is 0. The van der Waals surface area contributed by atoms with E-state index in [2.05, 4.69) is 18.7 Å². The van der Waals surface area contributed by atoms with Gasteiger partial charge in [0.05, 0.1) is 6.61 Å². The van der Waals surface area contributed by atoms with Gasteiger partial charge in [-0.1, -0.05) is 54.6 Å². The summed E-state index contributed by atoms with van der Waals surface area (Å²) in [4.78, 5) is 11.3. The molecule has 0 amide bonds. The number of aliphatic hydroxyl groups excluding tert-OH is 1. The highest BCUT2D eigenvalue weighted by Crippen LogP contribution is 2.35. The van der Waals surface area contributed by atoms with Gasteiger partial charge in [-0.25, -0.2) is 4.79 Å². The molecule has 4 nitrogen and oxygen atoms in total. The molecule has 3 aromatic rings. The number of hydrogen-bond acceptors (Lipinski definition) is 4. The minimum absolute atomic E-state index is 0.0626. The fourth-order valence-corrected chi connectivity index (χ4v) is 2.82. The van der Waals surface area contributed by atoms with E-state index >= 15 is 0 Å². The van der Waals surface area contributed by atoms with Gasteiger partial charge in [0.15, 0.2) is 6.10 Å². The van der Waals surface area contributed by atoms with Gasteiger partial charge >= 0.3 is 5.97 Å². The fraction of sp³-hybridized carbons (Fsp3) is 0.190. The molecule has 0 aliphatic heterocycles. The Hall–Kier alpha value is -2.85. The molecule has 0 heterocycles. The van der Waals surface area contributed by atoms with E-state index in [9.17, 15) is 9.90 Å². The van der Waals surface area contributed by atoms with Crippen molar-refractivity contribution in [2.24, 2.45) is 0 Å². The second-order valence-corrected chi connectivity index (χ2v) is 5.91. The normalized spacial score (nSPS) is 12.1. The molecule has 0 fully saturated rings. The predicted octanol–water partition coefficient (Wildman–Crippen LogP) is 3.77. The fourth-order valence-electron chi connectivity index (χ4n) is 2.82. The standard InChI is InChI=1S/C21H20O4/c1-3-20(23)25-17(12-22)13-24-21-18-7-5-4-6-15(18)11-16-10-14(2)8-9-19(16)21/h3-11,17,22H,1,12-13H2,2H3. The highest BCUT2D eigenvalue weighted by molar-refractivity contribution is 6.05. The van der Waals surface area contributed by atoms with Gasteiger partial charge in [0.1, 0.15) is 12.4 Å². The maximum Gasteiger partial charge on any atom is 0.330 e. The Kier molecular flexibility index (Phi) is 5.00. The van der Waals surface area contributed by atoms with Crippen LogP contribution in [-0.4, -0.2) is 30.4 Å². The van der Waals surface area contributed by atoms with Gasteiger partial charge in [0, 0.05) is 16.8 Å². The van der Waals surface area contributed by atoms with E-state index in [0.29, 0.717) is 0 Å². The molecule has 1 atom stereocenters. The molecule has 25 heavy (non-hydrogen) atoms. The molecule has 4 heteroatoms. The Balaban J connectivity index is 2.00. The number of hydrogen-bond donors (Lipinski definition) is 1. The highest BCUT2D eigenvalue weighted by atomic mass is 16.6. The van der Waals surface area contributed by atoms with E-state index in [1.807, 2.05) is 43.3 Å². The van der Waals surface area contributed by atoms with Gasteiger partial charge in [0.2, 0.25) is 0 Å². The number of benzene rings is 3. The minimum atomic E-state index is -0.745. The largest absolute Gasteiger partial charge is 0.488 e. The molecular weight excluding hydrogens is 316 g/mol. The molecule has 0 aliphatic carbocycles. The van der Waals surface area contributed by atoms with Crippen LogP contribution in [0.4, 0.5) is 0 Å². The van der Waals surface area contributed by atoms with Crippen molar-refractivity contribution in [2.45, 2.75) is 13.0 Å². The highest BCUT2D eigenvalue weighted by Gasteiger charge is 2.15. The number of aliphatic hydroxyl groups is 1. The quantitative estimate of drug-likeness (QED) is 0.423. The molecule has 0 saturated heterocycles. The summed E-state index contributed by atoms with van der Waals surface area (Å²) in [6, 6.07) is 16.3. The molecular formula is C21H20O4. The van der Waals surface area contributed by atoms with Gasteiger partial charge in [-0.05, 0) is 23.8 Å². The molecule has 3 aromatic carbocycles. The van der Waals surface area contributed by atoms with Gasteiger partial charge in [-0.15, -0.1) is 0 Å². The lowest BCUT2D eigenvalue weighted by molar-refractivity contribution is -0.146. The molecule has 0 aliphatic rings. The van der Waals surface area contributed by atoms with Crippen LogP contribution >= 0.6 is 0 Å². The van der Waals surface area contributed by atoms with Crippen LogP contribution in [0.15, 0.2) is 61.2 Å². The molecule has 0 bridgehead atoms. The first kappa shape index (κ1) is 17.0. The molecule has 0 spiro atoms. The molecule has 0 saturated carbocycles. The van der Waals surface area contributed by atoms with Crippen molar-refractivity contribution in [3.63, 3.8) is 0 Å². The van der Waals surface area contributed by atoms with E-state index in [1.165, 1.54) is 5.56 Å². The maximum atomic E-state index is 11.3. The first-order valence-corrected chi connectivity index (χ1v) is 8.11. The van der Waals surface area contributed by atoms with Crippen molar-refractivity contribution in [3.8, 4) is 5.75 Å². The van der Waals surface area contributed by atoms with Crippen LogP contribution in [0.1, 0.15) is 5.56 Å². The first-order chi connectivity index (χ1) is 12.1.